The molecule has 1 aromatic carbocycles. The highest BCUT2D eigenvalue weighted by Gasteiger charge is 2.17. The van der Waals surface area contributed by atoms with Crippen LogP contribution in [0.2, 0.25) is 5.02 Å². The number of nitrogens with one attached hydrogen (secondary N) is 1. The van der Waals surface area contributed by atoms with Crippen molar-refractivity contribution in [3.05, 3.63) is 52.3 Å². The lowest BCUT2D eigenvalue weighted by Crippen LogP contribution is -2.25. The third-order valence-electron chi connectivity index (χ3n) is 3.66. The van der Waals surface area contributed by atoms with Crippen LogP contribution in [-0.2, 0) is 19.4 Å². The number of halogens is 1. The monoisotopic (exact) mass is 305 g/mol. The van der Waals surface area contributed by atoms with E-state index in [-0.39, 0.29) is 6.04 Å². The second kappa shape index (κ2) is 7.62. The maximum absolute atomic E-state index is 6.10. The number of likely N-dealkylation sites (N-methyl/N-ethyl adjacent to an activating group) is 1. The molecule has 2 aromatic rings. The van der Waals surface area contributed by atoms with Gasteiger partial charge in [0.2, 0.25) is 0 Å². The van der Waals surface area contributed by atoms with Gasteiger partial charge in [-0.2, -0.15) is 5.10 Å². The molecule has 0 saturated carbocycles. The van der Waals surface area contributed by atoms with Gasteiger partial charge < -0.3 is 5.32 Å². The molecule has 3 nitrogen and oxygen atoms in total. The normalized spacial score (nSPS) is 12.6. The van der Waals surface area contributed by atoms with Gasteiger partial charge in [-0.3, -0.25) is 4.68 Å². The van der Waals surface area contributed by atoms with Crippen LogP contribution in [0.1, 0.15) is 43.8 Å². The minimum absolute atomic E-state index is 0.265. The van der Waals surface area contributed by atoms with Gasteiger partial charge in [-0.05, 0) is 50.1 Å². The number of aryl methyl sites for hydroxylation is 2. The molecule has 0 radical (unpaired) electrons. The summed E-state index contributed by atoms with van der Waals surface area (Å²) in [6, 6.07) is 10.6. The Hall–Kier alpha value is -1.32. The number of hydrogen-bond donors (Lipinski definition) is 1. The van der Waals surface area contributed by atoms with Crippen molar-refractivity contribution in [2.24, 2.45) is 0 Å². The second-order valence-electron chi connectivity index (χ2n) is 5.17. The van der Waals surface area contributed by atoms with E-state index in [2.05, 4.69) is 48.0 Å². The predicted octanol–water partition coefficient (Wildman–Crippen LogP) is 4.01. The summed E-state index contributed by atoms with van der Waals surface area (Å²) < 4.78 is 2.11. The summed E-state index contributed by atoms with van der Waals surface area (Å²) in [6.45, 7) is 8.25. The molecule has 21 heavy (non-hydrogen) atoms. The topological polar surface area (TPSA) is 29.9 Å². The highest BCUT2D eigenvalue weighted by molar-refractivity contribution is 6.30. The van der Waals surface area contributed by atoms with E-state index in [9.17, 15) is 0 Å². The number of benzene rings is 1. The summed E-state index contributed by atoms with van der Waals surface area (Å²) in [5.41, 5.74) is 3.66. The van der Waals surface area contributed by atoms with Crippen LogP contribution in [0.5, 0.6) is 0 Å². The zero-order valence-corrected chi connectivity index (χ0v) is 13.8. The molecule has 1 aromatic heterocycles. The summed E-state index contributed by atoms with van der Waals surface area (Å²) in [5, 5.41) is 9.03. The Kier molecular flexibility index (Phi) is 5.83. The SMILES string of the molecule is CCNC(Cc1cccc(Cl)c1)c1cc(CC)nn1CC. The lowest BCUT2D eigenvalue weighted by atomic mass is 10.0. The molecule has 2 rings (SSSR count). The average Bonchev–Trinajstić information content (AvgIpc) is 2.90. The van der Waals surface area contributed by atoms with Gasteiger partial charge in [-0.25, -0.2) is 0 Å². The number of hydrogen-bond acceptors (Lipinski definition) is 2. The van der Waals surface area contributed by atoms with E-state index >= 15 is 0 Å². The zero-order valence-electron chi connectivity index (χ0n) is 13.1. The minimum atomic E-state index is 0.265. The fraction of sp³-hybridized carbons (Fsp3) is 0.471. The van der Waals surface area contributed by atoms with Crippen molar-refractivity contribution >= 4 is 11.6 Å². The maximum atomic E-state index is 6.10. The number of nitrogens with zero attached hydrogens (tertiary/aromatic N) is 2. The Morgan fingerprint density at radius 3 is 2.67 bits per heavy atom. The van der Waals surface area contributed by atoms with E-state index in [4.69, 9.17) is 11.6 Å². The van der Waals surface area contributed by atoms with Crippen molar-refractivity contribution in [3.8, 4) is 0 Å². The molecule has 4 heteroatoms. The Labute approximate surface area is 132 Å². The number of rotatable bonds is 7. The molecular formula is C17H24ClN3. The van der Waals surface area contributed by atoms with Crippen LogP contribution in [0.25, 0.3) is 0 Å². The van der Waals surface area contributed by atoms with Gasteiger partial charge in [0.1, 0.15) is 0 Å². The van der Waals surface area contributed by atoms with E-state index < -0.39 is 0 Å². The van der Waals surface area contributed by atoms with Gasteiger partial charge in [0.25, 0.3) is 0 Å². The third kappa shape index (κ3) is 4.08. The lowest BCUT2D eigenvalue weighted by molar-refractivity contribution is 0.489. The van der Waals surface area contributed by atoms with Crippen LogP contribution in [0.15, 0.2) is 30.3 Å². The molecule has 1 unspecified atom stereocenters. The summed E-state index contributed by atoms with van der Waals surface area (Å²) >= 11 is 6.10. The largest absolute Gasteiger partial charge is 0.309 e. The van der Waals surface area contributed by atoms with Crippen LogP contribution in [-0.4, -0.2) is 16.3 Å². The van der Waals surface area contributed by atoms with Crippen LogP contribution >= 0.6 is 11.6 Å². The zero-order chi connectivity index (χ0) is 15.2. The summed E-state index contributed by atoms with van der Waals surface area (Å²) in [5.74, 6) is 0. The van der Waals surface area contributed by atoms with E-state index in [1.54, 1.807) is 0 Å². The average molecular weight is 306 g/mol. The fourth-order valence-electron chi connectivity index (χ4n) is 2.62. The van der Waals surface area contributed by atoms with Crippen molar-refractivity contribution in [3.63, 3.8) is 0 Å². The Bertz CT molecular complexity index is 577. The first-order valence-corrected chi connectivity index (χ1v) is 8.10. The minimum Gasteiger partial charge on any atom is -0.309 e. The molecule has 0 aliphatic carbocycles. The van der Waals surface area contributed by atoms with Gasteiger partial charge in [0.15, 0.2) is 0 Å². The predicted molar refractivity (Wildman–Crippen MR) is 88.9 cm³/mol. The van der Waals surface area contributed by atoms with Crippen molar-refractivity contribution in [1.82, 2.24) is 15.1 Å². The molecule has 0 spiro atoms. The van der Waals surface area contributed by atoms with Crippen LogP contribution in [0.3, 0.4) is 0 Å². The first-order chi connectivity index (χ1) is 10.2. The molecule has 0 bridgehead atoms. The standard InChI is InChI=1S/C17H24ClN3/c1-4-15-12-17(21(6-3)20-15)16(19-5-2)11-13-8-7-9-14(18)10-13/h7-10,12,16,19H,4-6,11H2,1-3H3. The fourth-order valence-corrected chi connectivity index (χ4v) is 2.83. The van der Waals surface area contributed by atoms with Crippen LogP contribution < -0.4 is 5.32 Å². The molecule has 0 aliphatic rings. The van der Waals surface area contributed by atoms with Crippen LogP contribution in [0.4, 0.5) is 0 Å². The van der Waals surface area contributed by atoms with E-state index in [0.717, 1.165) is 36.6 Å². The van der Waals surface area contributed by atoms with Crippen LogP contribution in [0, 0.1) is 0 Å². The van der Waals surface area contributed by atoms with Crippen molar-refractivity contribution < 1.29 is 0 Å². The van der Waals surface area contributed by atoms with Gasteiger partial charge >= 0.3 is 0 Å². The Balaban J connectivity index is 2.28. The highest BCUT2D eigenvalue weighted by atomic mass is 35.5. The van der Waals surface area contributed by atoms with Gasteiger partial charge in [0, 0.05) is 11.6 Å². The highest BCUT2D eigenvalue weighted by Crippen LogP contribution is 2.22. The molecule has 0 fully saturated rings. The number of aromatic nitrogens is 2. The van der Waals surface area contributed by atoms with Crippen molar-refractivity contribution in [1.29, 1.82) is 0 Å². The maximum Gasteiger partial charge on any atom is 0.0625 e. The molecule has 0 saturated heterocycles. The van der Waals surface area contributed by atoms with E-state index in [0.29, 0.717) is 0 Å². The molecular weight excluding hydrogens is 282 g/mol. The molecule has 0 amide bonds. The molecule has 1 heterocycles. The third-order valence-corrected chi connectivity index (χ3v) is 3.89. The molecule has 0 aliphatic heterocycles. The summed E-state index contributed by atoms with van der Waals surface area (Å²) in [7, 11) is 0. The van der Waals surface area contributed by atoms with E-state index in [1.807, 2.05) is 18.2 Å². The van der Waals surface area contributed by atoms with Gasteiger partial charge in [-0.1, -0.05) is 37.6 Å². The second-order valence-corrected chi connectivity index (χ2v) is 5.61. The quantitative estimate of drug-likeness (QED) is 0.837. The van der Waals surface area contributed by atoms with Crippen molar-refractivity contribution in [2.75, 3.05) is 6.54 Å². The first kappa shape index (κ1) is 16.1. The first-order valence-electron chi connectivity index (χ1n) is 7.72. The Morgan fingerprint density at radius 2 is 2.05 bits per heavy atom. The smallest absolute Gasteiger partial charge is 0.0625 e. The van der Waals surface area contributed by atoms with E-state index in [1.165, 1.54) is 11.3 Å². The Morgan fingerprint density at radius 1 is 1.24 bits per heavy atom. The lowest BCUT2D eigenvalue weighted by Gasteiger charge is -2.19. The molecule has 114 valence electrons. The molecule has 1 N–H and O–H groups in total. The summed E-state index contributed by atoms with van der Waals surface area (Å²) in [6.07, 6.45) is 1.89. The van der Waals surface area contributed by atoms with Crippen molar-refractivity contribution in [2.45, 2.75) is 46.2 Å². The van der Waals surface area contributed by atoms with Gasteiger partial charge in [-0.15, -0.1) is 0 Å². The summed E-state index contributed by atoms with van der Waals surface area (Å²) in [4.78, 5) is 0. The van der Waals surface area contributed by atoms with Gasteiger partial charge in [0.05, 0.1) is 17.4 Å². The molecule has 1 atom stereocenters.